The third kappa shape index (κ3) is 2.85. The molecule has 2 heterocycles. The van der Waals surface area contributed by atoms with Gasteiger partial charge in [0.15, 0.2) is 0 Å². The maximum Gasteiger partial charge on any atom is 0.124 e. The van der Waals surface area contributed by atoms with Crippen LogP contribution in [0.15, 0.2) is 35.8 Å². The Balaban J connectivity index is 2.02. The van der Waals surface area contributed by atoms with Crippen LogP contribution in [0.1, 0.15) is 52.7 Å². The summed E-state index contributed by atoms with van der Waals surface area (Å²) >= 11 is 3.52. The van der Waals surface area contributed by atoms with Crippen LogP contribution in [-0.4, -0.2) is 9.97 Å². The number of fused-ring (bicyclic) bond motifs is 2. The Kier molecular flexibility index (Phi) is 3.97. The van der Waals surface area contributed by atoms with Crippen molar-refractivity contribution in [3.63, 3.8) is 0 Å². The van der Waals surface area contributed by atoms with E-state index in [2.05, 4.69) is 76.9 Å². The van der Waals surface area contributed by atoms with E-state index in [9.17, 15) is 0 Å². The van der Waals surface area contributed by atoms with Crippen molar-refractivity contribution in [1.82, 2.24) is 9.97 Å². The molecule has 2 aromatic carbocycles. The summed E-state index contributed by atoms with van der Waals surface area (Å²) in [6, 6.07) is 10.9. The minimum atomic E-state index is 0.0338. The summed E-state index contributed by atoms with van der Waals surface area (Å²) in [5, 5.41) is 1.11. The van der Waals surface area contributed by atoms with Crippen LogP contribution in [0.4, 0.5) is 0 Å². The Morgan fingerprint density at radius 3 is 2.35 bits per heavy atom. The van der Waals surface area contributed by atoms with Gasteiger partial charge in [-0.05, 0) is 40.2 Å². The van der Waals surface area contributed by atoms with Gasteiger partial charge in [0.25, 0.3) is 0 Å². The molecule has 0 aliphatic carbocycles. The van der Waals surface area contributed by atoms with Crippen molar-refractivity contribution in [3.05, 3.63) is 47.0 Å². The lowest BCUT2D eigenvalue weighted by atomic mass is 9.83. The van der Waals surface area contributed by atoms with Gasteiger partial charge in [0.2, 0.25) is 0 Å². The van der Waals surface area contributed by atoms with Gasteiger partial charge < -0.3 is 0 Å². The first-order chi connectivity index (χ1) is 12.2. The minimum Gasteiger partial charge on any atom is -0.245 e. The number of rotatable bonds is 1. The quantitative estimate of drug-likeness (QED) is 0.350. The van der Waals surface area contributed by atoms with Crippen LogP contribution in [0.25, 0.3) is 31.0 Å². The molecule has 0 saturated carbocycles. The summed E-state index contributed by atoms with van der Waals surface area (Å²) in [4.78, 5) is 9.64. The molecule has 2 nitrogen and oxygen atoms in total. The molecule has 4 heteroatoms. The fourth-order valence-corrected chi connectivity index (χ4v) is 5.59. The van der Waals surface area contributed by atoms with Crippen molar-refractivity contribution in [2.75, 3.05) is 0 Å². The monoisotopic (exact) mass is 380 g/mol. The van der Waals surface area contributed by atoms with Crippen LogP contribution in [-0.2, 0) is 10.8 Å². The zero-order valence-electron chi connectivity index (χ0n) is 16.2. The summed E-state index contributed by atoms with van der Waals surface area (Å²) in [5.41, 5.74) is 8.20. The van der Waals surface area contributed by atoms with E-state index in [1.54, 1.807) is 22.7 Å². The topological polar surface area (TPSA) is 25.8 Å². The summed E-state index contributed by atoms with van der Waals surface area (Å²) < 4.78 is 2.54. The summed E-state index contributed by atoms with van der Waals surface area (Å²) in [6.07, 6.45) is 0. The zero-order chi connectivity index (χ0) is 18.7. The minimum absolute atomic E-state index is 0.0338. The van der Waals surface area contributed by atoms with Gasteiger partial charge in [-0.1, -0.05) is 53.7 Å². The summed E-state index contributed by atoms with van der Waals surface area (Å²) in [6.45, 7) is 13.6. The fraction of sp³-hybridized carbons (Fsp3) is 0.364. The van der Waals surface area contributed by atoms with Crippen molar-refractivity contribution < 1.29 is 0 Å². The average molecular weight is 381 g/mol. The maximum absolute atomic E-state index is 5.12. The van der Waals surface area contributed by atoms with E-state index in [-0.39, 0.29) is 10.8 Å². The van der Waals surface area contributed by atoms with Crippen LogP contribution in [0.3, 0.4) is 0 Å². The van der Waals surface area contributed by atoms with Crippen LogP contribution in [0.2, 0.25) is 0 Å². The standard InChI is InChI=1S/C22H24N2S2/c1-21(2,3)14-8-7-9-16-18(14)24-20(26-16)13-10-11-15-19(25-12-23-15)17(13)22(4,5)6/h7-12H,1-6H3. The van der Waals surface area contributed by atoms with E-state index in [1.165, 1.54) is 26.1 Å². The van der Waals surface area contributed by atoms with Gasteiger partial charge in [0.05, 0.1) is 25.9 Å². The van der Waals surface area contributed by atoms with Crippen molar-refractivity contribution in [1.29, 1.82) is 0 Å². The van der Waals surface area contributed by atoms with Crippen molar-refractivity contribution in [3.8, 4) is 10.6 Å². The highest BCUT2D eigenvalue weighted by Crippen LogP contribution is 2.43. The lowest BCUT2D eigenvalue weighted by Crippen LogP contribution is -2.13. The number of hydrogen-bond donors (Lipinski definition) is 0. The van der Waals surface area contributed by atoms with Crippen LogP contribution in [0, 0.1) is 0 Å². The zero-order valence-corrected chi connectivity index (χ0v) is 17.8. The normalized spacial score (nSPS) is 13.0. The fourth-order valence-electron chi connectivity index (χ4n) is 3.52. The van der Waals surface area contributed by atoms with Gasteiger partial charge in [-0.25, -0.2) is 9.97 Å². The lowest BCUT2D eigenvalue weighted by Gasteiger charge is -2.23. The van der Waals surface area contributed by atoms with Crippen LogP contribution >= 0.6 is 22.7 Å². The molecule has 0 spiro atoms. The van der Waals surface area contributed by atoms with Gasteiger partial charge in [-0.15, -0.1) is 22.7 Å². The van der Waals surface area contributed by atoms with Crippen molar-refractivity contribution in [2.45, 2.75) is 52.4 Å². The first-order valence-corrected chi connectivity index (χ1v) is 10.6. The number of thiazole rings is 2. The van der Waals surface area contributed by atoms with Gasteiger partial charge in [-0.2, -0.15) is 0 Å². The first-order valence-electron chi connectivity index (χ1n) is 8.93. The van der Waals surface area contributed by atoms with Crippen molar-refractivity contribution >= 4 is 43.1 Å². The molecule has 26 heavy (non-hydrogen) atoms. The Morgan fingerprint density at radius 1 is 0.885 bits per heavy atom. The predicted molar refractivity (Wildman–Crippen MR) is 116 cm³/mol. The molecule has 0 N–H and O–H groups in total. The largest absolute Gasteiger partial charge is 0.245 e. The number of aromatic nitrogens is 2. The lowest BCUT2D eigenvalue weighted by molar-refractivity contribution is 0.594. The molecule has 0 aliphatic heterocycles. The molecule has 0 bridgehead atoms. The SMILES string of the molecule is CC(C)(C)c1cccc2sc(-c3ccc4ncsc4c3C(C)(C)C)nc12. The maximum atomic E-state index is 5.12. The highest BCUT2D eigenvalue weighted by molar-refractivity contribution is 7.21. The van der Waals surface area contributed by atoms with Crippen molar-refractivity contribution in [2.24, 2.45) is 0 Å². The molecule has 0 atom stereocenters. The van der Waals surface area contributed by atoms with E-state index in [4.69, 9.17) is 4.98 Å². The first kappa shape index (κ1) is 17.6. The van der Waals surface area contributed by atoms with Crippen LogP contribution < -0.4 is 0 Å². The Morgan fingerprint density at radius 2 is 1.65 bits per heavy atom. The predicted octanol–water partition coefficient (Wildman–Crippen LogP) is 7.17. The summed E-state index contributed by atoms with van der Waals surface area (Å²) in [7, 11) is 0. The molecular weight excluding hydrogens is 356 g/mol. The second-order valence-corrected chi connectivity index (χ2v) is 10.7. The molecule has 0 amide bonds. The third-order valence-corrected chi connectivity index (χ3v) is 6.62. The van der Waals surface area contributed by atoms with E-state index in [0.717, 1.165) is 16.0 Å². The van der Waals surface area contributed by atoms with Gasteiger partial charge in [0.1, 0.15) is 5.01 Å². The average Bonchev–Trinajstić information content (AvgIpc) is 3.17. The van der Waals surface area contributed by atoms with Gasteiger partial charge in [-0.3, -0.25) is 0 Å². The van der Waals surface area contributed by atoms with E-state index in [0.29, 0.717) is 0 Å². The molecule has 0 unspecified atom stereocenters. The Hall–Kier alpha value is -1.78. The highest BCUT2D eigenvalue weighted by Gasteiger charge is 2.26. The molecule has 2 aromatic heterocycles. The smallest absolute Gasteiger partial charge is 0.124 e. The molecule has 0 saturated heterocycles. The Bertz CT molecular complexity index is 1100. The summed E-state index contributed by atoms with van der Waals surface area (Å²) in [5.74, 6) is 0. The number of para-hydroxylation sites is 1. The molecule has 4 rings (SSSR count). The molecular formula is C22H24N2S2. The van der Waals surface area contributed by atoms with E-state index < -0.39 is 0 Å². The Labute approximate surface area is 162 Å². The van der Waals surface area contributed by atoms with E-state index >= 15 is 0 Å². The number of nitrogens with zero attached hydrogens (tertiary/aromatic N) is 2. The van der Waals surface area contributed by atoms with Gasteiger partial charge in [0, 0.05) is 5.56 Å². The van der Waals surface area contributed by atoms with Crippen LogP contribution in [0.5, 0.6) is 0 Å². The second-order valence-electron chi connectivity index (χ2n) is 8.86. The molecule has 134 valence electrons. The molecule has 4 aromatic rings. The number of benzene rings is 2. The molecule has 0 radical (unpaired) electrons. The molecule has 0 fully saturated rings. The van der Waals surface area contributed by atoms with E-state index in [1.807, 2.05) is 5.51 Å². The third-order valence-electron chi connectivity index (χ3n) is 4.71. The second kappa shape index (κ2) is 5.86. The number of hydrogen-bond acceptors (Lipinski definition) is 4. The highest BCUT2D eigenvalue weighted by atomic mass is 32.1. The van der Waals surface area contributed by atoms with Gasteiger partial charge >= 0.3 is 0 Å². The molecule has 0 aliphatic rings.